The zero-order valence-corrected chi connectivity index (χ0v) is 20.3. The van der Waals surface area contributed by atoms with Gasteiger partial charge in [0.05, 0.1) is 42.4 Å². The van der Waals surface area contributed by atoms with Gasteiger partial charge in [0.1, 0.15) is 5.82 Å². The van der Waals surface area contributed by atoms with Crippen molar-refractivity contribution in [2.75, 3.05) is 18.5 Å². The molecular formula is C28H27F3N4O2. The number of nitrogens with one attached hydrogen (secondary N) is 2. The van der Waals surface area contributed by atoms with E-state index in [2.05, 4.69) is 15.6 Å². The summed E-state index contributed by atoms with van der Waals surface area (Å²) in [5.74, 6) is -3.62. The highest BCUT2D eigenvalue weighted by Crippen LogP contribution is 2.30. The first-order valence-electron chi connectivity index (χ1n) is 12.1. The molecular weight excluding hydrogens is 481 g/mol. The van der Waals surface area contributed by atoms with E-state index in [0.29, 0.717) is 48.2 Å². The quantitative estimate of drug-likeness (QED) is 0.455. The molecule has 192 valence electrons. The number of pyridine rings is 1. The highest BCUT2D eigenvalue weighted by molar-refractivity contribution is 5.92. The van der Waals surface area contributed by atoms with Crippen LogP contribution < -0.4 is 10.6 Å². The van der Waals surface area contributed by atoms with Crippen LogP contribution in [0.2, 0.25) is 0 Å². The Hall–Kier alpha value is -3.74. The predicted octanol–water partition coefficient (Wildman–Crippen LogP) is 4.84. The number of morpholine rings is 1. The fourth-order valence-corrected chi connectivity index (χ4v) is 4.38. The molecule has 0 radical (unpaired) electrons. The number of aromatic nitrogens is 1. The van der Waals surface area contributed by atoms with Gasteiger partial charge in [-0.05, 0) is 55.2 Å². The third kappa shape index (κ3) is 6.73. The van der Waals surface area contributed by atoms with Crippen LogP contribution in [0.15, 0.2) is 54.9 Å². The number of carbonyl (C=O) groups is 1. The highest BCUT2D eigenvalue weighted by atomic mass is 19.2. The molecule has 3 atom stereocenters. The van der Waals surface area contributed by atoms with Crippen molar-refractivity contribution in [3.8, 4) is 6.07 Å². The Balaban J connectivity index is 1.52. The zero-order valence-electron chi connectivity index (χ0n) is 20.3. The van der Waals surface area contributed by atoms with E-state index in [1.54, 1.807) is 24.3 Å². The lowest BCUT2D eigenvalue weighted by Crippen LogP contribution is -2.44. The van der Waals surface area contributed by atoms with Crippen LogP contribution in [0.25, 0.3) is 0 Å². The number of amides is 1. The smallest absolute Gasteiger partial charge is 0.225 e. The number of rotatable bonds is 8. The number of nitriles is 1. The summed E-state index contributed by atoms with van der Waals surface area (Å²) >= 11 is 0. The maximum absolute atomic E-state index is 14.7. The summed E-state index contributed by atoms with van der Waals surface area (Å²) in [5, 5.41) is 15.2. The van der Waals surface area contributed by atoms with Gasteiger partial charge in [-0.2, -0.15) is 5.26 Å². The Morgan fingerprint density at radius 3 is 2.57 bits per heavy atom. The SMILES string of the molecule is C[C@H]1CO[C@H](CCc2c(F)cncc2NC(=O)C[C@H](c2ccc(C#N)cc2)c2ccc(F)c(F)c2)CN1. The minimum Gasteiger partial charge on any atom is -0.375 e. The molecule has 0 saturated carbocycles. The molecule has 1 aliphatic heterocycles. The maximum Gasteiger partial charge on any atom is 0.225 e. The molecule has 6 nitrogen and oxygen atoms in total. The molecule has 0 aliphatic carbocycles. The Labute approximate surface area is 213 Å². The maximum atomic E-state index is 14.7. The van der Waals surface area contributed by atoms with E-state index in [1.165, 1.54) is 12.3 Å². The van der Waals surface area contributed by atoms with E-state index in [0.717, 1.165) is 18.3 Å². The van der Waals surface area contributed by atoms with Crippen LogP contribution in [0.5, 0.6) is 0 Å². The minimum absolute atomic E-state index is 0.0681. The lowest BCUT2D eigenvalue weighted by atomic mass is 9.87. The first-order chi connectivity index (χ1) is 17.8. The number of halogens is 3. The summed E-state index contributed by atoms with van der Waals surface area (Å²) in [6.45, 7) is 3.27. The lowest BCUT2D eigenvalue weighted by molar-refractivity contribution is -0.116. The van der Waals surface area contributed by atoms with E-state index in [1.807, 2.05) is 13.0 Å². The van der Waals surface area contributed by atoms with Crippen molar-refractivity contribution >= 4 is 11.6 Å². The number of ether oxygens (including phenoxy) is 1. The van der Waals surface area contributed by atoms with Crippen molar-refractivity contribution in [2.45, 2.75) is 44.2 Å². The van der Waals surface area contributed by atoms with Crippen molar-refractivity contribution in [3.05, 3.63) is 94.6 Å². The molecule has 2 heterocycles. The highest BCUT2D eigenvalue weighted by Gasteiger charge is 2.23. The lowest BCUT2D eigenvalue weighted by Gasteiger charge is -2.28. The Bertz CT molecular complexity index is 1290. The number of benzene rings is 2. The molecule has 0 unspecified atom stereocenters. The van der Waals surface area contributed by atoms with Crippen LogP contribution in [-0.4, -0.2) is 36.2 Å². The molecule has 2 N–H and O–H groups in total. The molecule has 3 aromatic rings. The summed E-state index contributed by atoms with van der Waals surface area (Å²) < 4.78 is 48.1. The third-order valence-corrected chi connectivity index (χ3v) is 6.45. The number of carbonyl (C=O) groups excluding carboxylic acids is 1. The van der Waals surface area contributed by atoms with Crippen molar-refractivity contribution < 1.29 is 22.7 Å². The second kappa shape index (κ2) is 12.0. The summed E-state index contributed by atoms with van der Waals surface area (Å²) in [4.78, 5) is 17.0. The van der Waals surface area contributed by atoms with Gasteiger partial charge in [-0.15, -0.1) is 0 Å². The van der Waals surface area contributed by atoms with Gasteiger partial charge in [0, 0.05) is 30.5 Å². The van der Waals surface area contributed by atoms with Gasteiger partial charge in [-0.25, -0.2) is 13.2 Å². The van der Waals surface area contributed by atoms with Gasteiger partial charge in [-0.1, -0.05) is 18.2 Å². The number of nitrogens with zero attached hydrogens (tertiary/aromatic N) is 2. The molecule has 2 aromatic carbocycles. The van der Waals surface area contributed by atoms with Crippen LogP contribution in [0.4, 0.5) is 18.9 Å². The van der Waals surface area contributed by atoms with E-state index < -0.39 is 29.3 Å². The van der Waals surface area contributed by atoms with Crippen LogP contribution in [0.1, 0.15) is 47.9 Å². The predicted molar refractivity (Wildman–Crippen MR) is 132 cm³/mol. The topological polar surface area (TPSA) is 87.0 Å². The average molecular weight is 509 g/mol. The number of anilines is 1. The van der Waals surface area contributed by atoms with Crippen LogP contribution in [0, 0.1) is 28.8 Å². The van der Waals surface area contributed by atoms with E-state index >= 15 is 0 Å². The molecule has 0 spiro atoms. The van der Waals surface area contributed by atoms with E-state index in [-0.39, 0.29) is 24.3 Å². The molecule has 0 bridgehead atoms. The van der Waals surface area contributed by atoms with Crippen molar-refractivity contribution in [1.82, 2.24) is 10.3 Å². The van der Waals surface area contributed by atoms with Crippen molar-refractivity contribution in [3.63, 3.8) is 0 Å². The van der Waals surface area contributed by atoms with Gasteiger partial charge in [0.15, 0.2) is 11.6 Å². The minimum atomic E-state index is -1.03. The van der Waals surface area contributed by atoms with Gasteiger partial charge < -0.3 is 15.4 Å². The van der Waals surface area contributed by atoms with Gasteiger partial charge in [0.2, 0.25) is 5.91 Å². The Morgan fingerprint density at radius 1 is 1.14 bits per heavy atom. The first-order valence-corrected chi connectivity index (χ1v) is 12.1. The normalized spacial score (nSPS) is 18.1. The zero-order chi connectivity index (χ0) is 26.4. The van der Waals surface area contributed by atoms with Crippen LogP contribution >= 0.6 is 0 Å². The standard InChI is InChI=1S/C28H27F3N4O2/c1-17-16-37-21(13-34-17)7-8-22-26(31)14-33-15-27(22)35-28(36)11-23(19-4-2-18(12-32)3-5-19)20-6-9-24(29)25(30)10-20/h2-6,9-10,14-15,17,21,23,34H,7-8,11,13,16H2,1H3,(H,35,36)/t17-,21+,23+/m0/s1. The average Bonchev–Trinajstić information content (AvgIpc) is 2.90. The molecule has 1 saturated heterocycles. The third-order valence-electron chi connectivity index (χ3n) is 6.45. The van der Waals surface area contributed by atoms with E-state index in [4.69, 9.17) is 10.00 Å². The Kier molecular flexibility index (Phi) is 8.54. The van der Waals surface area contributed by atoms with Gasteiger partial charge >= 0.3 is 0 Å². The van der Waals surface area contributed by atoms with E-state index in [9.17, 15) is 18.0 Å². The molecule has 37 heavy (non-hydrogen) atoms. The molecule has 1 aromatic heterocycles. The monoisotopic (exact) mass is 508 g/mol. The van der Waals surface area contributed by atoms with Crippen LogP contribution in [0.3, 0.4) is 0 Å². The largest absolute Gasteiger partial charge is 0.375 e. The fourth-order valence-electron chi connectivity index (χ4n) is 4.38. The van der Waals surface area contributed by atoms with Gasteiger partial charge in [0.25, 0.3) is 0 Å². The molecule has 4 rings (SSSR count). The summed E-state index contributed by atoms with van der Waals surface area (Å²) in [6, 6.07) is 12.3. The van der Waals surface area contributed by atoms with Gasteiger partial charge in [-0.3, -0.25) is 9.78 Å². The van der Waals surface area contributed by atoms with Crippen molar-refractivity contribution in [2.24, 2.45) is 0 Å². The summed E-state index contributed by atoms with van der Waals surface area (Å²) in [7, 11) is 0. The number of hydrogen-bond acceptors (Lipinski definition) is 5. The summed E-state index contributed by atoms with van der Waals surface area (Å²) in [5.41, 5.74) is 2.06. The molecule has 9 heteroatoms. The molecule has 1 fully saturated rings. The van der Waals surface area contributed by atoms with Crippen molar-refractivity contribution in [1.29, 1.82) is 5.26 Å². The molecule has 1 amide bonds. The number of hydrogen-bond donors (Lipinski definition) is 2. The second-order valence-electron chi connectivity index (χ2n) is 9.16. The second-order valence-corrected chi connectivity index (χ2v) is 9.16. The Morgan fingerprint density at radius 2 is 1.89 bits per heavy atom. The summed E-state index contributed by atoms with van der Waals surface area (Å²) in [6.07, 6.45) is 3.21. The fraction of sp³-hybridized carbons (Fsp3) is 0.321. The first kappa shape index (κ1) is 26.3. The van der Waals surface area contributed by atoms with Crippen LogP contribution in [-0.2, 0) is 16.0 Å². The molecule has 1 aliphatic rings.